The lowest BCUT2D eigenvalue weighted by Gasteiger charge is -2.44. The van der Waals surface area contributed by atoms with Crippen molar-refractivity contribution in [2.24, 2.45) is 11.1 Å². The van der Waals surface area contributed by atoms with Crippen molar-refractivity contribution in [2.45, 2.75) is 46.5 Å². The predicted octanol–water partition coefficient (Wildman–Crippen LogP) is 5.18. The van der Waals surface area contributed by atoms with Gasteiger partial charge in [-0.2, -0.15) is 0 Å². The normalized spacial score (nSPS) is 15.3. The van der Waals surface area contributed by atoms with Gasteiger partial charge >= 0.3 is 12.1 Å². The van der Waals surface area contributed by atoms with Gasteiger partial charge in [0.05, 0.1) is 24.9 Å². The van der Waals surface area contributed by atoms with Crippen LogP contribution in [0, 0.1) is 5.41 Å². The summed E-state index contributed by atoms with van der Waals surface area (Å²) in [4.78, 5) is 36.4. The lowest BCUT2D eigenvalue weighted by atomic mass is 9.84. The molecule has 1 aliphatic heterocycles. The number of benzene rings is 2. The molecule has 1 saturated heterocycles. The smallest absolute Gasteiger partial charge is 0.409 e. The lowest BCUT2D eigenvalue weighted by Crippen LogP contribution is -2.57. The molecule has 0 bridgehead atoms. The molecule has 1 fully saturated rings. The Kier molecular flexibility index (Phi) is 10.2. The molecule has 3 aromatic rings. The van der Waals surface area contributed by atoms with Crippen LogP contribution in [0.4, 0.5) is 14.0 Å². The third-order valence-corrected chi connectivity index (χ3v) is 7.42. The van der Waals surface area contributed by atoms with Gasteiger partial charge in [-0.25, -0.2) is 19.0 Å². The molecule has 3 amide bonds. The number of halogens is 1. The zero-order valence-corrected chi connectivity index (χ0v) is 25.1. The summed E-state index contributed by atoms with van der Waals surface area (Å²) >= 11 is 0. The van der Waals surface area contributed by atoms with Crippen molar-refractivity contribution in [3.8, 4) is 11.3 Å². The Morgan fingerprint density at radius 3 is 2.17 bits per heavy atom. The molecule has 1 aliphatic rings. The molecule has 2 atom stereocenters. The fraction of sp³-hybridized carbons (Fsp3) is 0.469. The van der Waals surface area contributed by atoms with Crippen molar-refractivity contribution >= 4 is 12.1 Å². The van der Waals surface area contributed by atoms with E-state index in [4.69, 9.17) is 15.5 Å². The number of ether oxygens (including phenoxy) is 1. The Morgan fingerprint density at radius 1 is 1.00 bits per heavy atom. The van der Waals surface area contributed by atoms with Crippen LogP contribution in [-0.2, 0) is 11.3 Å². The van der Waals surface area contributed by atoms with E-state index in [0.29, 0.717) is 38.5 Å². The van der Waals surface area contributed by atoms with Gasteiger partial charge < -0.3 is 29.7 Å². The molecular formula is C32H43FN6O3. The minimum absolute atomic E-state index is 0.172. The minimum atomic E-state index is -1.41. The number of urea groups is 1. The maximum atomic E-state index is 15.1. The number of rotatable bonds is 9. The van der Waals surface area contributed by atoms with Crippen molar-refractivity contribution in [1.29, 1.82) is 0 Å². The Labute approximate surface area is 248 Å². The number of imidazole rings is 1. The molecule has 4 rings (SSSR count). The topological polar surface area (TPSA) is 96.9 Å². The molecule has 0 unspecified atom stereocenters. The maximum absolute atomic E-state index is 15.1. The molecule has 0 radical (unpaired) electrons. The number of amides is 3. The summed E-state index contributed by atoms with van der Waals surface area (Å²) in [7, 11) is 0. The number of carbonyl (C=O) groups excluding carboxylic acids is 2. The van der Waals surface area contributed by atoms with E-state index in [1.54, 1.807) is 21.6 Å². The third kappa shape index (κ3) is 7.47. The van der Waals surface area contributed by atoms with Crippen molar-refractivity contribution in [3.63, 3.8) is 0 Å². The summed E-state index contributed by atoms with van der Waals surface area (Å²) in [5, 5.41) is 0. The summed E-state index contributed by atoms with van der Waals surface area (Å²) in [5.74, 6) is 0.674. The van der Waals surface area contributed by atoms with Crippen molar-refractivity contribution in [1.82, 2.24) is 24.3 Å². The maximum Gasteiger partial charge on any atom is 0.409 e. The number of nitrogens with zero attached hydrogens (tertiary/aromatic N) is 5. The van der Waals surface area contributed by atoms with Crippen molar-refractivity contribution in [2.75, 3.05) is 45.9 Å². The first kappa shape index (κ1) is 31.0. The van der Waals surface area contributed by atoms with Gasteiger partial charge in [-0.3, -0.25) is 0 Å². The zero-order chi connectivity index (χ0) is 30.3. The fourth-order valence-corrected chi connectivity index (χ4v) is 5.36. The second-order valence-corrected chi connectivity index (χ2v) is 11.7. The number of alkyl halides is 1. The summed E-state index contributed by atoms with van der Waals surface area (Å²) in [6.45, 7) is 9.65. The highest BCUT2D eigenvalue weighted by atomic mass is 19.1. The van der Waals surface area contributed by atoms with Crippen LogP contribution in [0.2, 0.25) is 0 Å². The average molecular weight is 579 g/mol. The molecule has 1 aromatic heterocycles. The van der Waals surface area contributed by atoms with Gasteiger partial charge in [0.15, 0.2) is 0 Å². The van der Waals surface area contributed by atoms with E-state index in [-0.39, 0.29) is 25.7 Å². The molecule has 2 aromatic carbocycles. The molecule has 0 spiro atoms. The number of carbonyl (C=O) groups is 2. The Hall–Kier alpha value is -3.92. The quantitative estimate of drug-likeness (QED) is 0.378. The Balaban J connectivity index is 1.74. The van der Waals surface area contributed by atoms with Crippen LogP contribution in [0.25, 0.3) is 11.3 Å². The lowest BCUT2D eigenvalue weighted by molar-refractivity contribution is 0.0504. The van der Waals surface area contributed by atoms with E-state index in [0.717, 1.165) is 16.8 Å². The van der Waals surface area contributed by atoms with E-state index in [1.165, 1.54) is 0 Å². The molecule has 0 saturated carbocycles. The van der Waals surface area contributed by atoms with Crippen LogP contribution in [0.1, 0.15) is 45.1 Å². The fourth-order valence-electron chi connectivity index (χ4n) is 5.36. The van der Waals surface area contributed by atoms with Crippen LogP contribution in [0.3, 0.4) is 0 Å². The molecule has 42 heavy (non-hydrogen) atoms. The van der Waals surface area contributed by atoms with Gasteiger partial charge in [0.2, 0.25) is 0 Å². The Bertz CT molecular complexity index is 1300. The monoisotopic (exact) mass is 578 g/mol. The highest BCUT2D eigenvalue weighted by Gasteiger charge is 2.41. The van der Waals surface area contributed by atoms with E-state index >= 15 is 4.39 Å². The molecule has 226 valence electrons. The predicted molar refractivity (Wildman–Crippen MR) is 162 cm³/mol. The largest absolute Gasteiger partial charge is 0.450 e. The Morgan fingerprint density at radius 2 is 1.60 bits per heavy atom. The number of hydrogen-bond acceptors (Lipinski definition) is 5. The van der Waals surface area contributed by atoms with Gasteiger partial charge in [-0.15, -0.1) is 0 Å². The first-order valence-corrected chi connectivity index (χ1v) is 14.6. The third-order valence-electron chi connectivity index (χ3n) is 7.42. The molecule has 0 aliphatic carbocycles. The van der Waals surface area contributed by atoms with Crippen LogP contribution >= 0.6 is 0 Å². The van der Waals surface area contributed by atoms with E-state index in [9.17, 15) is 9.59 Å². The van der Waals surface area contributed by atoms with Gasteiger partial charge in [-0.05, 0) is 17.9 Å². The number of nitrogens with two attached hydrogens (primary N) is 1. The van der Waals surface area contributed by atoms with Gasteiger partial charge in [0.1, 0.15) is 12.0 Å². The van der Waals surface area contributed by atoms with Crippen LogP contribution in [0.15, 0.2) is 66.9 Å². The summed E-state index contributed by atoms with van der Waals surface area (Å²) < 4.78 is 22.3. The van der Waals surface area contributed by atoms with Crippen LogP contribution in [-0.4, -0.2) is 88.4 Å². The standard InChI is InChI=1S/C32H43FN6O3/c1-5-42-31(41)37-18-16-36(17-19-37)30(40)39(22-26(33)20-34)28(32(2,3)4)29-35-27(25-14-10-7-11-15-25)23-38(29)21-24-12-8-6-9-13-24/h6-15,23,26,28H,5,16-22,34H2,1-4H3/t26-,28+/m1/s1. The molecule has 9 nitrogen and oxygen atoms in total. The van der Waals surface area contributed by atoms with Crippen LogP contribution < -0.4 is 5.73 Å². The number of hydrogen-bond donors (Lipinski definition) is 1. The summed E-state index contributed by atoms with van der Waals surface area (Å²) in [6, 6.07) is 19.1. The first-order valence-electron chi connectivity index (χ1n) is 14.6. The average Bonchev–Trinajstić information content (AvgIpc) is 3.39. The number of aromatic nitrogens is 2. The number of piperazine rings is 1. The summed E-state index contributed by atoms with van der Waals surface area (Å²) in [5.41, 5.74) is 8.04. The van der Waals surface area contributed by atoms with E-state index in [2.05, 4.69) is 16.7 Å². The van der Waals surface area contributed by atoms with Crippen molar-refractivity contribution < 1.29 is 18.7 Å². The van der Waals surface area contributed by atoms with Gasteiger partial charge in [0.25, 0.3) is 0 Å². The highest BCUT2D eigenvalue weighted by Crippen LogP contribution is 2.40. The second-order valence-electron chi connectivity index (χ2n) is 11.7. The highest BCUT2D eigenvalue weighted by molar-refractivity contribution is 5.76. The van der Waals surface area contributed by atoms with Crippen LogP contribution in [0.5, 0.6) is 0 Å². The van der Waals surface area contributed by atoms with Gasteiger partial charge in [-0.1, -0.05) is 81.4 Å². The zero-order valence-electron chi connectivity index (χ0n) is 25.1. The summed E-state index contributed by atoms with van der Waals surface area (Å²) in [6.07, 6.45) is 0.204. The van der Waals surface area contributed by atoms with E-state index < -0.39 is 23.7 Å². The second kappa shape index (κ2) is 13.8. The molecule has 2 N–H and O–H groups in total. The van der Waals surface area contributed by atoms with Gasteiger partial charge in [0, 0.05) is 51.0 Å². The first-order chi connectivity index (χ1) is 20.1. The van der Waals surface area contributed by atoms with E-state index in [1.807, 2.05) is 75.5 Å². The molecule has 10 heteroatoms. The SMILES string of the molecule is CCOC(=O)N1CCN(C(=O)N(C[C@H](F)CN)[C@@H](c2nc(-c3ccccc3)cn2Cc2ccccc2)C(C)(C)C)CC1. The molecule has 2 heterocycles. The molecular weight excluding hydrogens is 535 g/mol. The van der Waals surface area contributed by atoms with Crippen molar-refractivity contribution in [3.05, 3.63) is 78.2 Å². The minimum Gasteiger partial charge on any atom is -0.450 e.